The van der Waals surface area contributed by atoms with E-state index in [1.165, 1.54) is 5.56 Å². The zero-order valence-corrected chi connectivity index (χ0v) is 18.2. The topological polar surface area (TPSA) is 86.2 Å². The number of carbonyl (C=O) groups is 1. The minimum atomic E-state index is -0.464. The standard InChI is InChI=1S/C27H28N2O3/c1-17-23-11-10-22-24(19-7-5-6-18(14-19)12-13-30)28-29-26(22)27(23,15-20(16-31)25(17)32)21-8-3-2-4-9-21/h2-9,14,16-17,23,30-31H,10-13,15H2,1H3,(H,28,29)/b20-16-/t17-,23-,27+/m0/s1. The number of nitrogens with zero attached hydrogens (tertiary/aromatic N) is 1. The van der Waals surface area contributed by atoms with Gasteiger partial charge in [-0.25, -0.2) is 0 Å². The van der Waals surface area contributed by atoms with Gasteiger partial charge in [0.2, 0.25) is 0 Å². The number of benzene rings is 2. The van der Waals surface area contributed by atoms with E-state index < -0.39 is 5.41 Å². The second-order valence-corrected chi connectivity index (χ2v) is 9.07. The Hall–Kier alpha value is -3.18. The predicted molar refractivity (Wildman–Crippen MR) is 123 cm³/mol. The number of allylic oxidation sites excluding steroid dienone is 1. The van der Waals surface area contributed by atoms with Crippen molar-refractivity contribution in [2.45, 2.75) is 38.0 Å². The van der Waals surface area contributed by atoms with Crippen molar-refractivity contribution in [3.63, 3.8) is 0 Å². The lowest BCUT2D eigenvalue weighted by atomic mass is 9.52. The Labute approximate surface area is 187 Å². The number of hydrogen-bond acceptors (Lipinski definition) is 4. The Bertz CT molecular complexity index is 1180. The van der Waals surface area contributed by atoms with Crippen LogP contribution in [0, 0.1) is 11.8 Å². The maximum absolute atomic E-state index is 12.9. The maximum Gasteiger partial charge on any atom is 0.165 e. The summed E-state index contributed by atoms with van der Waals surface area (Å²) in [6.45, 7) is 2.11. The lowest BCUT2D eigenvalue weighted by Crippen LogP contribution is -2.50. The summed E-state index contributed by atoms with van der Waals surface area (Å²) >= 11 is 0. The molecule has 1 saturated carbocycles. The van der Waals surface area contributed by atoms with E-state index >= 15 is 0 Å². The number of aliphatic hydroxyl groups is 2. The van der Waals surface area contributed by atoms with Crippen LogP contribution < -0.4 is 0 Å². The molecule has 2 aliphatic carbocycles. The molecular weight excluding hydrogens is 400 g/mol. The summed E-state index contributed by atoms with van der Waals surface area (Å²) in [6, 6.07) is 18.5. The molecule has 0 amide bonds. The first-order chi connectivity index (χ1) is 15.6. The zero-order valence-electron chi connectivity index (χ0n) is 18.2. The zero-order chi connectivity index (χ0) is 22.3. The third-order valence-electron chi connectivity index (χ3n) is 7.49. The van der Waals surface area contributed by atoms with E-state index in [1.807, 2.05) is 37.3 Å². The number of Topliss-reactive ketones (excluding diaryl/α,β-unsaturated/α-hetero) is 1. The van der Waals surface area contributed by atoms with Crippen LogP contribution in [0.1, 0.15) is 42.1 Å². The number of ketones is 1. The fourth-order valence-electron chi connectivity index (χ4n) is 6.00. The molecule has 0 bridgehead atoms. The van der Waals surface area contributed by atoms with Crippen molar-refractivity contribution in [2.75, 3.05) is 6.61 Å². The minimum absolute atomic E-state index is 0.0416. The summed E-state index contributed by atoms with van der Waals surface area (Å²) in [5, 5.41) is 27.4. The third kappa shape index (κ3) is 3.03. The summed E-state index contributed by atoms with van der Waals surface area (Å²) < 4.78 is 0. The van der Waals surface area contributed by atoms with Gasteiger partial charge < -0.3 is 10.2 Å². The van der Waals surface area contributed by atoms with Crippen molar-refractivity contribution in [1.29, 1.82) is 0 Å². The molecule has 1 fully saturated rings. The Morgan fingerprint density at radius 2 is 2.00 bits per heavy atom. The number of H-pyrrole nitrogens is 1. The summed E-state index contributed by atoms with van der Waals surface area (Å²) in [5.74, 6) is -0.0334. The molecule has 5 rings (SSSR count). The van der Waals surface area contributed by atoms with E-state index in [0.29, 0.717) is 18.4 Å². The molecule has 0 aliphatic heterocycles. The van der Waals surface area contributed by atoms with Gasteiger partial charge in [-0.2, -0.15) is 5.10 Å². The normalized spacial score (nSPS) is 26.1. The molecule has 1 heterocycles. The molecule has 0 saturated heterocycles. The van der Waals surface area contributed by atoms with Gasteiger partial charge in [-0.05, 0) is 48.8 Å². The smallest absolute Gasteiger partial charge is 0.165 e. The van der Waals surface area contributed by atoms with Gasteiger partial charge in [0.25, 0.3) is 0 Å². The molecule has 2 aromatic carbocycles. The fourth-order valence-corrected chi connectivity index (χ4v) is 6.00. The van der Waals surface area contributed by atoms with Crippen LogP contribution in [0.5, 0.6) is 0 Å². The van der Waals surface area contributed by atoms with Gasteiger partial charge in [0, 0.05) is 34.6 Å². The van der Waals surface area contributed by atoms with E-state index in [-0.39, 0.29) is 24.2 Å². The molecule has 3 N–H and O–H groups in total. The van der Waals surface area contributed by atoms with Crippen LogP contribution >= 0.6 is 0 Å². The highest BCUT2D eigenvalue weighted by atomic mass is 16.3. The van der Waals surface area contributed by atoms with Crippen molar-refractivity contribution in [3.8, 4) is 11.3 Å². The fraction of sp³-hybridized carbons (Fsp3) is 0.333. The first-order valence-electron chi connectivity index (χ1n) is 11.3. The van der Waals surface area contributed by atoms with Gasteiger partial charge in [-0.15, -0.1) is 0 Å². The van der Waals surface area contributed by atoms with E-state index in [4.69, 9.17) is 5.10 Å². The molecule has 0 spiro atoms. The van der Waals surface area contributed by atoms with Crippen LogP contribution in [0.25, 0.3) is 11.3 Å². The molecular formula is C27H28N2O3. The molecule has 0 unspecified atom stereocenters. The van der Waals surface area contributed by atoms with Gasteiger partial charge in [-0.3, -0.25) is 9.89 Å². The van der Waals surface area contributed by atoms with Crippen LogP contribution in [0.2, 0.25) is 0 Å². The SMILES string of the molecule is C[C@@H]1C(=O)/C(=C\O)C[C@]2(c3ccccc3)c3n[nH]c(-c4cccc(CCO)c4)c3CC[C@@H]12. The van der Waals surface area contributed by atoms with Gasteiger partial charge in [-0.1, -0.05) is 55.5 Å². The number of fused-ring (bicyclic) bond motifs is 3. The summed E-state index contributed by atoms with van der Waals surface area (Å²) in [6.07, 6.45) is 3.80. The molecule has 3 atom stereocenters. The van der Waals surface area contributed by atoms with Gasteiger partial charge in [0.15, 0.2) is 5.78 Å². The van der Waals surface area contributed by atoms with E-state index in [0.717, 1.165) is 47.2 Å². The van der Waals surface area contributed by atoms with Crippen LogP contribution in [-0.2, 0) is 23.1 Å². The number of hydrogen-bond donors (Lipinski definition) is 3. The maximum atomic E-state index is 12.9. The Morgan fingerprint density at radius 3 is 2.75 bits per heavy atom. The molecule has 5 heteroatoms. The van der Waals surface area contributed by atoms with E-state index in [2.05, 4.69) is 29.4 Å². The Kier molecular flexibility index (Phi) is 5.22. The highest BCUT2D eigenvalue weighted by Gasteiger charge is 2.55. The molecule has 32 heavy (non-hydrogen) atoms. The second kappa shape index (κ2) is 8.06. The monoisotopic (exact) mass is 428 g/mol. The largest absolute Gasteiger partial charge is 0.515 e. The molecule has 1 aromatic heterocycles. The lowest BCUT2D eigenvalue weighted by molar-refractivity contribution is -0.123. The third-order valence-corrected chi connectivity index (χ3v) is 7.49. The number of aromatic amines is 1. The summed E-state index contributed by atoms with van der Waals surface area (Å²) in [5.41, 5.74) is 6.47. The number of nitrogens with one attached hydrogen (secondary N) is 1. The quantitative estimate of drug-likeness (QED) is 0.422. The first-order valence-corrected chi connectivity index (χ1v) is 11.3. The van der Waals surface area contributed by atoms with Crippen molar-refractivity contribution in [1.82, 2.24) is 10.2 Å². The molecule has 2 aliphatic rings. The average Bonchev–Trinajstić information content (AvgIpc) is 3.27. The van der Waals surface area contributed by atoms with E-state index in [1.54, 1.807) is 0 Å². The second-order valence-electron chi connectivity index (χ2n) is 9.07. The van der Waals surface area contributed by atoms with Crippen LogP contribution in [0.15, 0.2) is 66.4 Å². The van der Waals surface area contributed by atoms with Gasteiger partial charge in [0.05, 0.1) is 17.6 Å². The average molecular weight is 429 g/mol. The number of carbonyl (C=O) groups excluding carboxylic acids is 1. The van der Waals surface area contributed by atoms with Crippen molar-refractivity contribution in [3.05, 3.63) is 88.8 Å². The van der Waals surface area contributed by atoms with Crippen LogP contribution in [0.4, 0.5) is 0 Å². The van der Waals surface area contributed by atoms with Crippen LogP contribution in [-0.4, -0.2) is 32.8 Å². The minimum Gasteiger partial charge on any atom is -0.515 e. The molecule has 164 valence electrons. The summed E-state index contributed by atoms with van der Waals surface area (Å²) in [7, 11) is 0. The Balaban J connectivity index is 1.71. The first kappa shape index (κ1) is 20.7. The van der Waals surface area contributed by atoms with Gasteiger partial charge >= 0.3 is 0 Å². The lowest BCUT2D eigenvalue weighted by Gasteiger charge is -2.49. The predicted octanol–water partition coefficient (Wildman–Crippen LogP) is 4.51. The van der Waals surface area contributed by atoms with Crippen LogP contribution in [0.3, 0.4) is 0 Å². The molecule has 0 radical (unpaired) electrons. The number of aliphatic hydroxyl groups excluding tert-OH is 2. The highest BCUT2D eigenvalue weighted by Crippen LogP contribution is 2.56. The van der Waals surface area contributed by atoms with Crippen molar-refractivity contribution in [2.24, 2.45) is 11.8 Å². The summed E-state index contributed by atoms with van der Waals surface area (Å²) in [4.78, 5) is 12.9. The molecule has 3 aromatic rings. The number of aromatic nitrogens is 2. The van der Waals surface area contributed by atoms with Crippen molar-refractivity contribution < 1.29 is 15.0 Å². The van der Waals surface area contributed by atoms with Gasteiger partial charge in [0.1, 0.15) is 0 Å². The number of rotatable bonds is 4. The van der Waals surface area contributed by atoms with E-state index in [9.17, 15) is 15.0 Å². The highest BCUT2D eigenvalue weighted by molar-refractivity contribution is 5.98. The Morgan fingerprint density at radius 1 is 1.19 bits per heavy atom. The van der Waals surface area contributed by atoms with Crippen molar-refractivity contribution >= 4 is 5.78 Å². The molecule has 5 nitrogen and oxygen atoms in total.